The van der Waals surface area contributed by atoms with Gasteiger partial charge < -0.3 is 18.9 Å². The molecule has 0 bridgehead atoms. The van der Waals surface area contributed by atoms with E-state index in [1.807, 2.05) is 30.3 Å². The molecule has 3 rings (SSSR count). The molecule has 1 aromatic rings. The van der Waals surface area contributed by atoms with Crippen LogP contribution >= 0.6 is 0 Å². The Labute approximate surface area is 117 Å². The molecule has 2 saturated heterocycles. The highest BCUT2D eigenvalue weighted by atomic mass is 16.7. The molecular formula is C15H18O5. The summed E-state index contributed by atoms with van der Waals surface area (Å²) in [4.78, 5) is 12.4. The van der Waals surface area contributed by atoms with E-state index >= 15 is 0 Å². The highest BCUT2D eigenvalue weighted by Gasteiger charge is 2.47. The predicted molar refractivity (Wildman–Crippen MR) is 69.8 cm³/mol. The summed E-state index contributed by atoms with van der Waals surface area (Å²) in [6.07, 6.45) is -2.03. The molecular weight excluding hydrogens is 260 g/mol. The van der Waals surface area contributed by atoms with Crippen LogP contribution < -0.4 is 0 Å². The zero-order valence-corrected chi connectivity index (χ0v) is 11.5. The zero-order valence-electron chi connectivity index (χ0n) is 11.5. The molecule has 5 atom stereocenters. The fourth-order valence-corrected chi connectivity index (χ4v) is 2.62. The smallest absolute Gasteiger partial charge is 0.184 e. The van der Waals surface area contributed by atoms with Gasteiger partial charge in [0.05, 0.1) is 12.5 Å². The summed E-state index contributed by atoms with van der Waals surface area (Å²) >= 11 is 0. The number of Topliss-reactive ketones (excluding diaryl/α,β-unsaturated/α-hetero) is 1. The van der Waals surface area contributed by atoms with Gasteiger partial charge in [-0.05, 0) is 0 Å². The Morgan fingerprint density at radius 3 is 2.65 bits per heavy atom. The first-order valence-corrected chi connectivity index (χ1v) is 6.74. The van der Waals surface area contributed by atoms with E-state index in [1.165, 1.54) is 7.11 Å². The molecule has 0 unspecified atom stereocenters. The van der Waals surface area contributed by atoms with E-state index in [2.05, 4.69) is 0 Å². The topological polar surface area (TPSA) is 54.0 Å². The molecule has 0 aromatic heterocycles. The molecule has 5 nitrogen and oxygen atoms in total. The van der Waals surface area contributed by atoms with Crippen molar-refractivity contribution in [3.05, 3.63) is 35.9 Å². The Kier molecular flexibility index (Phi) is 3.85. The standard InChI is InChI=1S/C15H18O5/c1-9-12(16)13-11(19-14(9)17-2)8-18-15(20-13)10-6-4-3-5-7-10/h3-7,9,11,13-15H,8H2,1-2H3/t9-,11+,13+,14-,15+/m0/s1. The van der Waals surface area contributed by atoms with Crippen molar-refractivity contribution in [2.45, 2.75) is 31.7 Å². The second-order valence-corrected chi connectivity index (χ2v) is 5.10. The summed E-state index contributed by atoms with van der Waals surface area (Å²) in [5, 5.41) is 0. The van der Waals surface area contributed by atoms with E-state index in [-0.39, 0.29) is 11.7 Å². The number of ketones is 1. The number of ether oxygens (including phenoxy) is 4. The maximum atomic E-state index is 12.4. The molecule has 1 aromatic carbocycles. The Balaban J connectivity index is 1.76. The van der Waals surface area contributed by atoms with Gasteiger partial charge in [-0.1, -0.05) is 37.3 Å². The lowest BCUT2D eigenvalue weighted by Gasteiger charge is -2.42. The van der Waals surface area contributed by atoms with E-state index in [1.54, 1.807) is 6.92 Å². The fraction of sp³-hybridized carbons (Fsp3) is 0.533. The molecule has 2 heterocycles. The van der Waals surface area contributed by atoms with Gasteiger partial charge >= 0.3 is 0 Å². The van der Waals surface area contributed by atoms with E-state index < -0.39 is 24.8 Å². The lowest BCUT2D eigenvalue weighted by Crippen LogP contribution is -2.56. The minimum absolute atomic E-state index is 0.0114. The third kappa shape index (κ3) is 2.38. The molecule has 108 valence electrons. The molecule has 0 radical (unpaired) electrons. The SMILES string of the molecule is CO[C@H]1O[C@@H]2CO[C@@H](c3ccccc3)O[C@H]2C(=O)[C@@H]1C. The van der Waals surface area contributed by atoms with Gasteiger partial charge in [-0.2, -0.15) is 0 Å². The second kappa shape index (κ2) is 5.61. The molecule has 20 heavy (non-hydrogen) atoms. The van der Waals surface area contributed by atoms with Crippen molar-refractivity contribution in [3.63, 3.8) is 0 Å². The number of carbonyl (C=O) groups is 1. The number of hydrogen-bond donors (Lipinski definition) is 0. The Bertz CT molecular complexity index is 474. The fourth-order valence-electron chi connectivity index (χ4n) is 2.62. The average Bonchev–Trinajstić information content (AvgIpc) is 2.51. The first kappa shape index (κ1) is 13.7. The van der Waals surface area contributed by atoms with Gasteiger partial charge in [-0.3, -0.25) is 4.79 Å². The van der Waals surface area contributed by atoms with Crippen LogP contribution in [0.4, 0.5) is 0 Å². The summed E-state index contributed by atoms with van der Waals surface area (Å²) < 4.78 is 22.3. The molecule has 0 aliphatic carbocycles. The number of methoxy groups -OCH3 is 1. The largest absolute Gasteiger partial charge is 0.355 e. The number of benzene rings is 1. The minimum Gasteiger partial charge on any atom is -0.355 e. The molecule has 5 heteroatoms. The van der Waals surface area contributed by atoms with Crippen molar-refractivity contribution in [2.75, 3.05) is 13.7 Å². The molecule has 0 N–H and O–H groups in total. The van der Waals surface area contributed by atoms with Gasteiger partial charge in [0.25, 0.3) is 0 Å². The molecule has 2 fully saturated rings. The van der Waals surface area contributed by atoms with Crippen LogP contribution in [-0.4, -0.2) is 38.0 Å². The van der Waals surface area contributed by atoms with Crippen molar-refractivity contribution in [2.24, 2.45) is 5.92 Å². The number of fused-ring (bicyclic) bond motifs is 1. The van der Waals surface area contributed by atoms with Crippen molar-refractivity contribution < 1.29 is 23.7 Å². The van der Waals surface area contributed by atoms with Crippen molar-refractivity contribution in [1.29, 1.82) is 0 Å². The van der Waals surface area contributed by atoms with Crippen LogP contribution in [-0.2, 0) is 23.7 Å². The van der Waals surface area contributed by atoms with E-state index in [4.69, 9.17) is 18.9 Å². The number of rotatable bonds is 2. The lowest BCUT2D eigenvalue weighted by atomic mass is 9.93. The van der Waals surface area contributed by atoms with Crippen molar-refractivity contribution in [1.82, 2.24) is 0 Å². The van der Waals surface area contributed by atoms with Crippen LogP contribution in [0.15, 0.2) is 30.3 Å². The second-order valence-electron chi connectivity index (χ2n) is 5.10. The maximum Gasteiger partial charge on any atom is 0.184 e. The molecule has 0 spiro atoms. The van der Waals surface area contributed by atoms with Crippen LogP contribution in [0.5, 0.6) is 0 Å². The van der Waals surface area contributed by atoms with Crippen molar-refractivity contribution >= 4 is 5.78 Å². The summed E-state index contributed by atoms with van der Waals surface area (Å²) in [6.45, 7) is 2.12. The summed E-state index contributed by atoms with van der Waals surface area (Å²) in [5.74, 6) is -0.326. The molecule has 0 saturated carbocycles. The minimum atomic E-state index is -0.588. The molecule has 2 aliphatic rings. The van der Waals surface area contributed by atoms with Crippen LogP contribution in [0.1, 0.15) is 18.8 Å². The molecule has 0 amide bonds. The number of carbonyl (C=O) groups excluding carboxylic acids is 1. The Morgan fingerprint density at radius 2 is 1.95 bits per heavy atom. The average molecular weight is 278 g/mol. The van der Waals surface area contributed by atoms with E-state index in [0.717, 1.165) is 5.56 Å². The first-order valence-electron chi connectivity index (χ1n) is 6.74. The van der Waals surface area contributed by atoms with Gasteiger partial charge in [0.1, 0.15) is 12.2 Å². The van der Waals surface area contributed by atoms with Crippen LogP contribution in [0.3, 0.4) is 0 Å². The first-order chi connectivity index (χ1) is 9.70. The van der Waals surface area contributed by atoms with Crippen LogP contribution in [0, 0.1) is 5.92 Å². The molecule has 2 aliphatic heterocycles. The highest BCUT2D eigenvalue weighted by molar-refractivity contribution is 5.87. The van der Waals surface area contributed by atoms with Gasteiger partial charge in [-0.15, -0.1) is 0 Å². The Hall–Kier alpha value is -1.27. The predicted octanol–water partition coefficient (Wildman–Crippen LogP) is 1.68. The summed E-state index contributed by atoms with van der Waals surface area (Å²) in [5.41, 5.74) is 0.903. The van der Waals surface area contributed by atoms with E-state index in [9.17, 15) is 4.79 Å². The normalized spacial score (nSPS) is 37.5. The van der Waals surface area contributed by atoms with Gasteiger partial charge in [0, 0.05) is 12.7 Å². The summed E-state index contributed by atoms with van der Waals surface area (Å²) in [7, 11) is 1.53. The van der Waals surface area contributed by atoms with E-state index in [0.29, 0.717) is 6.61 Å². The van der Waals surface area contributed by atoms with Crippen molar-refractivity contribution in [3.8, 4) is 0 Å². The quantitative estimate of drug-likeness (QED) is 0.823. The third-order valence-electron chi connectivity index (χ3n) is 3.77. The van der Waals surface area contributed by atoms with Crippen LogP contribution in [0.25, 0.3) is 0 Å². The third-order valence-corrected chi connectivity index (χ3v) is 3.77. The van der Waals surface area contributed by atoms with Crippen LogP contribution in [0.2, 0.25) is 0 Å². The monoisotopic (exact) mass is 278 g/mol. The summed E-state index contributed by atoms with van der Waals surface area (Å²) in [6, 6.07) is 9.59. The van der Waals surface area contributed by atoms with Gasteiger partial charge in [0.15, 0.2) is 18.4 Å². The van der Waals surface area contributed by atoms with Gasteiger partial charge in [-0.25, -0.2) is 0 Å². The maximum absolute atomic E-state index is 12.4. The Morgan fingerprint density at radius 1 is 1.20 bits per heavy atom. The zero-order chi connectivity index (χ0) is 14.1. The highest BCUT2D eigenvalue weighted by Crippen LogP contribution is 2.33. The lowest BCUT2D eigenvalue weighted by molar-refractivity contribution is -0.307. The number of hydrogen-bond acceptors (Lipinski definition) is 5. The van der Waals surface area contributed by atoms with Gasteiger partial charge in [0.2, 0.25) is 0 Å².